The molecule has 0 aromatic carbocycles. The molecule has 96 valence electrons. The van der Waals surface area contributed by atoms with Crippen LogP contribution in [0, 0.1) is 5.41 Å². The van der Waals surface area contributed by atoms with E-state index in [9.17, 15) is 4.79 Å². The summed E-state index contributed by atoms with van der Waals surface area (Å²) in [7, 11) is 3.13. The summed E-state index contributed by atoms with van der Waals surface area (Å²) < 4.78 is 9.96. The molecule has 0 heterocycles. The van der Waals surface area contributed by atoms with Crippen molar-refractivity contribution in [2.45, 2.75) is 59.0 Å². The van der Waals surface area contributed by atoms with Crippen LogP contribution >= 0.6 is 0 Å². The Hall–Kier alpha value is -0.570. The van der Waals surface area contributed by atoms with Crippen LogP contribution in [0.15, 0.2) is 0 Å². The molecule has 0 aromatic rings. The summed E-state index contributed by atoms with van der Waals surface area (Å²) in [6.07, 6.45) is 4.73. The molecule has 1 atom stereocenters. The van der Waals surface area contributed by atoms with E-state index in [0.29, 0.717) is 11.8 Å². The maximum absolute atomic E-state index is 11.0. The molecule has 0 saturated carbocycles. The molecule has 0 aromatic heterocycles. The molecule has 0 bridgehead atoms. The number of hydrogen-bond donors (Lipinski definition) is 0. The summed E-state index contributed by atoms with van der Waals surface area (Å²) in [6, 6.07) is 0. The van der Waals surface area contributed by atoms with Gasteiger partial charge in [-0.1, -0.05) is 27.2 Å². The molecule has 0 amide bonds. The van der Waals surface area contributed by atoms with Crippen LogP contribution in [-0.4, -0.2) is 26.3 Å². The molecule has 3 heteroatoms. The van der Waals surface area contributed by atoms with Gasteiger partial charge in [-0.15, -0.1) is 0 Å². The summed E-state index contributed by atoms with van der Waals surface area (Å²) >= 11 is 0. The fourth-order valence-electron chi connectivity index (χ4n) is 1.62. The van der Waals surface area contributed by atoms with Crippen LogP contribution in [-0.2, 0) is 14.3 Å². The minimum absolute atomic E-state index is 0.155. The highest BCUT2D eigenvalue weighted by Gasteiger charge is 2.14. The fourth-order valence-corrected chi connectivity index (χ4v) is 1.62. The van der Waals surface area contributed by atoms with Gasteiger partial charge < -0.3 is 9.47 Å². The summed E-state index contributed by atoms with van der Waals surface area (Å²) in [5, 5.41) is 0. The normalized spacial score (nSPS) is 13.6. The SMILES string of the molecule is COC(=O)CC[C@H](CCCC(C)(C)C)OC. The van der Waals surface area contributed by atoms with E-state index in [0.717, 1.165) is 19.3 Å². The number of carbonyl (C=O) groups is 1. The Morgan fingerprint density at radius 3 is 2.25 bits per heavy atom. The standard InChI is InChI=1S/C13H26O3/c1-13(2,3)10-6-7-11(15-4)8-9-12(14)16-5/h11H,6-10H2,1-5H3/t11-/m0/s1. The maximum Gasteiger partial charge on any atom is 0.305 e. The van der Waals surface area contributed by atoms with Crippen molar-refractivity contribution < 1.29 is 14.3 Å². The van der Waals surface area contributed by atoms with Gasteiger partial charge in [0.15, 0.2) is 0 Å². The lowest BCUT2D eigenvalue weighted by atomic mass is 9.89. The maximum atomic E-state index is 11.0. The van der Waals surface area contributed by atoms with E-state index in [4.69, 9.17) is 4.74 Å². The van der Waals surface area contributed by atoms with E-state index < -0.39 is 0 Å². The molecule has 0 radical (unpaired) electrons. The summed E-state index contributed by atoms with van der Waals surface area (Å²) in [5.41, 5.74) is 0.376. The first kappa shape index (κ1) is 15.4. The molecule has 0 rings (SSSR count). The predicted octanol–water partition coefficient (Wildman–Crippen LogP) is 3.17. The Morgan fingerprint density at radius 1 is 1.19 bits per heavy atom. The Balaban J connectivity index is 3.71. The van der Waals surface area contributed by atoms with Gasteiger partial charge >= 0.3 is 5.97 Å². The van der Waals surface area contributed by atoms with E-state index in [1.165, 1.54) is 13.5 Å². The molecule has 0 fully saturated rings. The Labute approximate surface area is 99.5 Å². The van der Waals surface area contributed by atoms with Crippen LogP contribution in [0.3, 0.4) is 0 Å². The third-order valence-electron chi connectivity index (χ3n) is 2.68. The van der Waals surface area contributed by atoms with Crippen molar-refractivity contribution in [3.05, 3.63) is 0 Å². The van der Waals surface area contributed by atoms with Crippen molar-refractivity contribution in [1.29, 1.82) is 0 Å². The van der Waals surface area contributed by atoms with Crippen molar-refractivity contribution in [3.63, 3.8) is 0 Å². The molecular formula is C13H26O3. The highest BCUT2D eigenvalue weighted by molar-refractivity contribution is 5.69. The number of ether oxygens (including phenoxy) is 2. The second-order valence-electron chi connectivity index (χ2n) is 5.43. The zero-order valence-corrected chi connectivity index (χ0v) is 11.3. The Bertz CT molecular complexity index is 194. The predicted molar refractivity (Wildman–Crippen MR) is 65.4 cm³/mol. The number of methoxy groups -OCH3 is 2. The van der Waals surface area contributed by atoms with Gasteiger partial charge in [-0.3, -0.25) is 4.79 Å². The largest absolute Gasteiger partial charge is 0.469 e. The zero-order chi connectivity index (χ0) is 12.6. The Kier molecular flexibility index (Phi) is 7.39. The number of rotatable bonds is 7. The van der Waals surface area contributed by atoms with Crippen LogP contribution in [0.1, 0.15) is 52.9 Å². The smallest absolute Gasteiger partial charge is 0.305 e. The minimum Gasteiger partial charge on any atom is -0.469 e. The van der Waals surface area contributed by atoms with E-state index in [2.05, 4.69) is 25.5 Å². The molecule has 3 nitrogen and oxygen atoms in total. The van der Waals surface area contributed by atoms with Gasteiger partial charge in [0.25, 0.3) is 0 Å². The van der Waals surface area contributed by atoms with Crippen LogP contribution in [0.2, 0.25) is 0 Å². The van der Waals surface area contributed by atoms with E-state index in [-0.39, 0.29) is 12.1 Å². The second-order valence-corrected chi connectivity index (χ2v) is 5.43. The Morgan fingerprint density at radius 2 is 1.81 bits per heavy atom. The quantitative estimate of drug-likeness (QED) is 0.630. The summed E-state index contributed by atoms with van der Waals surface area (Å²) in [5.74, 6) is -0.155. The highest BCUT2D eigenvalue weighted by atomic mass is 16.5. The van der Waals surface area contributed by atoms with E-state index in [1.54, 1.807) is 7.11 Å². The first-order valence-electron chi connectivity index (χ1n) is 5.98. The zero-order valence-electron chi connectivity index (χ0n) is 11.3. The summed E-state index contributed by atoms with van der Waals surface area (Å²) in [6.45, 7) is 6.72. The first-order chi connectivity index (χ1) is 7.39. The third kappa shape index (κ3) is 8.72. The molecular weight excluding hydrogens is 204 g/mol. The van der Waals surface area contributed by atoms with Gasteiger partial charge in [0, 0.05) is 13.5 Å². The fraction of sp³-hybridized carbons (Fsp3) is 0.923. The van der Waals surface area contributed by atoms with Crippen molar-refractivity contribution in [3.8, 4) is 0 Å². The third-order valence-corrected chi connectivity index (χ3v) is 2.68. The number of esters is 1. The molecule has 0 aliphatic heterocycles. The van der Waals surface area contributed by atoms with Crippen molar-refractivity contribution in [2.75, 3.05) is 14.2 Å². The lowest BCUT2D eigenvalue weighted by Gasteiger charge is -2.20. The van der Waals surface area contributed by atoms with E-state index in [1.807, 2.05) is 0 Å². The van der Waals surface area contributed by atoms with Crippen LogP contribution in [0.25, 0.3) is 0 Å². The van der Waals surface area contributed by atoms with Crippen LogP contribution < -0.4 is 0 Å². The van der Waals surface area contributed by atoms with Gasteiger partial charge in [-0.25, -0.2) is 0 Å². The average Bonchev–Trinajstić information content (AvgIpc) is 2.20. The average molecular weight is 230 g/mol. The van der Waals surface area contributed by atoms with Gasteiger partial charge in [0.05, 0.1) is 13.2 Å². The van der Waals surface area contributed by atoms with Gasteiger partial charge in [-0.2, -0.15) is 0 Å². The number of carbonyl (C=O) groups excluding carboxylic acids is 1. The molecule has 16 heavy (non-hydrogen) atoms. The van der Waals surface area contributed by atoms with Crippen LogP contribution in [0.5, 0.6) is 0 Å². The molecule has 0 aliphatic carbocycles. The minimum atomic E-state index is -0.155. The van der Waals surface area contributed by atoms with Crippen molar-refractivity contribution in [2.24, 2.45) is 5.41 Å². The highest BCUT2D eigenvalue weighted by Crippen LogP contribution is 2.23. The van der Waals surface area contributed by atoms with Crippen molar-refractivity contribution >= 4 is 5.97 Å². The van der Waals surface area contributed by atoms with Gasteiger partial charge in [0.2, 0.25) is 0 Å². The lowest BCUT2D eigenvalue weighted by molar-refractivity contribution is -0.141. The van der Waals surface area contributed by atoms with Crippen molar-refractivity contribution in [1.82, 2.24) is 0 Å². The molecule has 0 N–H and O–H groups in total. The second kappa shape index (κ2) is 7.66. The topological polar surface area (TPSA) is 35.5 Å². The molecule has 0 spiro atoms. The molecule has 0 unspecified atom stereocenters. The number of hydrogen-bond acceptors (Lipinski definition) is 3. The lowest BCUT2D eigenvalue weighted by Crippen LogP contribution is -2.15. The summed E-state index contributed by atoms with van der Waals surface area (Å²) in [4.78, 5) is 11.0. The first-order valence-corrected chi connectivity index (χ1v) is 5.98. The van der Waals surface area contributed by atoms with Gasteiger partial charge in [0.1, 0.15) is 0 Å². The van der Waals surface area contributed by atoms with Gasteiger partial charge in [-0.05, 0) is 24.7 Å². The molecule has 0 aliphatic rings. The molecule has 0 saturated heterocycles. The van der Waals surface area contributed by atoms with E-state index >= 15 is 0 Å². The monoisotopic (exact) mass is 230 g/mol. The van der Waals surface area contributed by atoms with Crippen LogP contribution in [0.4, 0.5) is 0 Å².